The molecule has 0 spiro atoms. The summed E-state index contributed by atoms with van der Waals surface area (Å²) in [4.78, 5) is 0. The molecule has 0 amide bonds. The number of alkyl halides is 3. The molecule has 0 N–H and O–H groups in total. The van der Waals surface area contributed by atoms with Crippen molar-refractivity contribution in [1.82, 2.24) is 9.78 Å². The molecule has 1 aliphatic carbocycles. The summed E-state index contributed by atoms with van der Waals surface area (Å²) in [6.45, 7) is 2.64. The van der Waals surface area contributed by atoms with E-state index in [0.717, 1.165) is 6.42 Å². The summed E-state index contributed by atoms with van der Waals surface area (Å²) in [5, 5.41) is 3.63. The van der Waals surface area contributed by atoms with Gasteiger partial charge in [0.15, 0.2) is 5.75 Å². The van der Waals surface area contributed by atoms with Gasteiger partial charge in [-0.05, 0) is 13.3 Å². The van der Waals surface area contributed by atoms with Gasteiger partial charge in [-0.2, -0.15) is 18.3 Å². The maximum absolute atomic E-state index is 12.7. The summed E-state index contributed by atoms with van der Waals surface area (Å²) in [7, 11) is 0. The summed E-state index contributed by atoms with van der Waals surface area (Å²) in [6.07, 6.45) is -3.50. The highest BCUT2D eigenvalue weighted by Crippen LogP contribution is 2.56. The second-order valence-corrected chi connectivity index (χ2v) is 4.29. The predicted molar refractivity (Wildman–Crippen MR) is 49.2 cm³/mol. The molecule has 2 atom stereocenters. The topological polar surface area (TPSA) is 27.1 Å². The Labute approximate surface area is 90.2 Å². The van der Waals surface area contributed by atoms with Crippen LogP contribution < -0.4 is 4.74 Å². The van der Waals surface area contributed by atoms with Crippen LogP contribution in [0.5, 0.6) is 5.75 Å². The Hall–Kier alpha value is -1.20. The summed E-state index contributed by atoms with van der Waals surface area (Å²) in [5.74, 6) is 0.594. The zero-order valence-corrected chi connectivity index (χ0v) is 8.71. The van der Waals surface area contributed by atoms with E-state index in [4.69, 9.17) is 4.74 Å². The van der Waals surface area contributed by atoms with E-state index < -0.39 is 11.9 Å². The van der Waals surface area contributed by atoms with Gasteiger partial charge >= 0.3 is 6.18 Å². The van der Waals surface area contributed by atoms with Crippen LogP contribution in [0.1, 0.15) is 30.7 Å². The number of nitrogens with zero attached hydrogens (tertiary/aromatic N) is 2. The van der Waals surface area contributed by atoms with Crippen molar-refractivity contribution >= 4 is 0 Å². The van der Waals surface area contributed by atoms with Crippen molar-refractivity contribution in [2.45, 2.75) is 32.0 Å². The lowest BCUT2D eigenvalue weighted by molar-refractivity contribution is -0.142. The minimum atomic E-state index is -4.42. The summed E-state index contributed by atoms with van der Waals surface area (Å²) < 4.78 is 44.8. The van der Waals surface area contributed by atoms with Crippen molar-refractivity contribution in [3.05, 3.63) is 11.4 Å². The number of halogens is 3. The lowest BCUT2D eigenvalue weighted by Gasteiger charge is -2.15. The lowest BCUT2D eigenvalue weighted by atomic mass is 10.1. The third-order valence-corrected chi connectivity index (χ3v) is 3.23. The molecule has 2 aliphatic rings. The molecular weight excluding hydrogens is 221 g/mol. The molecular formula is C10H11F3N2O. The maximum atomic E-state index is 12.7. The molecule has 3 nitrogen and oxygen atoms in total. The molecule has 1 aromatic heterocycles. The lowest BCUT2D eigenvalue weighted by Crippen LogP contribution is -2.13. The molecule has 88 valence electrons. The van der Waals surface area contributed by atoms with Crippen LogP contribution in [0.3, 0.4) is 0 Å². The third-order valence-electron chi connectivity index (χ3n) is 3.23. The van der Waals surface area contributed by atoms with Crippen LogP contribution in [0, 0.1) is 5.92 Å². The maximum Gasteiger partial charge on any atom is 0.438 e. The molecule has 6 heteroatoms. The smallest absolute Gasteiger partial charge is 0.438 e. The highest BCUT2D eigenvalue weighted by molar-refractivity contribution is 5.43. The van der Waals surface area contributed by atoms with E-state index in [2.05, 4.69) is 5.10 Å². The average Bonchev–Trinajstić information content (AvgIpc) is 2.89. The first-order valence-electron chi connectivity index (χ1n) is 5.33. The number of ether oxygens (including phenoxy) is 1. The van der Waals surface area contributed by atoms with Crippen molar-refractivity contribution in [3.63, 3.8) is 0 Å². The van der Waals surface area contributed by atoms with E-state index in [9.17, 15) is 13.2 Å². The molecule has 0 bridgehead atoms. The van der Waals surface area contributed by atoms with Gasteiger partial charge < -0.3 is 4.74 Å². The number of hydrogen-bond donors (Lipinski definition) is 0. The second-order valence-electron chi connectivity index (χ2n) is 4.29. The number of aromatic nitrogens is 2. The van der Waals surface area contributed by atoms with Crippen LogP contribution in [-0.2, 0) is 12.7 Å². The van der Waals surface area contributed by atoms with Gasteiger partial charge in [0.1, 0.15) is 0 Å². The van der Waals surface area contributed by atoms with Crippen LogP contribution in [0.25, 0.3) is 0 Å². The molecule has 16 heavy (non-hydrogen) atoms. The van der Waals surface area contributed by atoms with E-state index in [1.165, 1.54) is 4.68 Å². The van der Waals surface area contributed by atoms with Gasteiger partial charge in [0, 0.05) is 18.4 Å². The Morgan fingerprint density at radius 1 is 1.50 bits per heavy atom. The zero-order valence-electron chi connectivity index (χ0n) is 8.71. The third kappa shape index (κ3) is 1.25. The van der Waals surface area contributed by atoms with Gasteiger partial charge in [-0.25, -0.2) is 0 Å². The number of rotatable bonds is 1. The summed E-state index contributed by atoms with van der Waals surface area (Å²) in [5.41, 5.74) is -0.222. The highest BCUT2D eigenvalue weighted by Gasteiger charge is 2.51. The van der Waals surface area contributed by atoms with Gasteiger partial charge in [0.2, 0.25) is 5.69 Å². The standard InChI is InChI=1S/C10H11F3N2O/c1-2-15-7-6-3-5(6)4-16-8(7)9(14-15)10(11,12)13/h5-6H,2-4H2,1H3. The van der Waals surface area contributed by atoms with Crippen molar-refractivity contribution in [3.8, 4) is 5.75 Å². The van der Waals surface area contributed by atoms with Gasteiger partial charge in [0.05, 0.1) is 12.3 Å². The minimum absolute atomic E-state index is 0.0342. The van der Waals surface area contributed by atoms with Crippen molar-refractivity contribution in [1.29, 1.82) is 0 Å². The van der Waals surface area contributed by atoms with Crippen LogP contribution in [-0.4, -0.2) is 16.4 Å². The van der Waals surface area contributed by atoms with Crippen LogP contribution in [0.15, 0.2) is 0 Å². The van der Waals surface area contributed by atoms with Crippen molar-refractivity contribution in [2.75, 3.05) is 6.61 Å². The van der Waals surface area contributed by atoms with Crippen LogP contribution in [0.4, 0.5) is 13.2 Å². The first-order chi connectivity index (χ1) is 7.52. The number of fused-ring (bicyclic) bond motifs is 3. The highest BCUT2D eigenvalue weighted by atomic mass is 19.4. The van der Waals surface area contributed by atoms with E-state index in [0.29, 0.717) is 24.8 Å². The van der Waals surface area contributed by atoms with E-state index >= 15 is 0 Å². The van der Waals surface area contributed by atoms with Gasteiger partial charge in [-0.15, -0.1) is 0 Å². The molecule has 1 aromatic rings. The monoisotopic (exact) mass is 232 g/mol. The van der Waals surface area contributed by atoms with E-state index in [1.807, 2.05) is 0 Å². The Bertz CT molecular complexity index is 438. The Morgan fingerprint density at radius 3 is 2.88 bits per heavy atom. The largest absolute Gasteiger partial charge is 0.489 e. The SMILES string of the molecule is CCn1nc(C(F)(F)F)c2c1C1CC1CO2. The summed E-state index contributed by atoms with van der Waals surface area (Å²) in [6, 6.07) is 0. The van der Waals surface area contributed by atoms with Gasteiger partial charge in [-0.3, -0.25) is 4.68 Å². The van der Waals surface area contributed by atoms with Crippen molar-refractivity contribution < 1.29 is 17.9 Å². The van der Waals surface area contributed by atoms with Crippen molar-refractivity contribution in [2.24, 2.45) is 5.92 Å². The number of aryl methyl sites for hydroxylation is 1. The fourth-order valence-corrected chi connectivity index (χ4v) is 2.34. The predicted octanol–water partition coefficient (Wildman–Crippen LogP) is 2.42. The molecule has 1 saturated carbocycles. The normalized spacial score (nSPS) is 27.0. The van der Waals surface area contributed by atoms with Crippen LogP contribution in [0.2, 0.25) is 0 Å². The average molecular weight is 232 g/mol. The van der Waals surface area contributed by atoms with Gasteiger partial charge in [-0.1, -0.05) is 0 Å². The second kappa shape index (κ2) is 2.93. The molecule has 0 saturated heterocycles. The Balaban J connectivity index is 2.14. The molecule has 1 fully saturated rings. The fraction of sp³-hybridized carbons (Fsp3) is 0.700. The van der Waals surface area contributed by atoms with E-state index in [-0.39, 0.29) is 11.7 Å². The van der Waals surface area contributed by atoms with Gasteiger partial charge in [0.25, 0.3) is 0 Å². The minimum Gasteiger partial charge on any atom is -0.489 e. The van der Waals surface area contributed by atoms with Crippen LogP contribution >= 0.6 is 0 Å². The molecule has 2 unspecified atom stereocenters. The summed E-state index contributed by atoms with van der Waals surface area (Å²) >= 11 is 0. The molecule has 1 aliphatic heterocycles. The zero-order chi connectivity index (χ0) is 11.5. The first-order valence-corrected chi connectivity index (χ1v) is 5.33. The number of hydrogen-bond acceptors (Lipinski definition) is 2. The van der Waals surface area contributed by atoms with E-state index in [1.54, 1.807) is 6.92 Å². The fourth-order valence-electron chi connectivity index (χ4n) is 2.34. The Kier molecular flexibility index (Phi) is 1.83. The molecule has 0 aromatic carbocycles. The molecule has 2 heterocycles. The molecule has 3 rings (SSSR count). The Morgan fingerprint density at radius 2 is 2.25 bits per heavy atom. The quantitative estimate of drug-likeness (QED) is 0.743. The molecule has 0 radical (unpaired) electrons. The first kappa shape index (κ1) is 9.99.